The predicted molar refractivity (Wildman–Crippen MR) is 107 cm³/mol. The average molecular weight is 442 g/mol. The van der Waals surface area contributed by atoms with Crippen molar-refractivity contribution in [2.24, 2.45) is 0 Å². The van der Waals surface area contributed by atoms with Gasteiger partial charge in [-0.1, -0.05) is 12.1 Å². The molecule has 1 aliphatic heterocycles. The van der Waals surface area contributed by atoms with Crippen molar-refractivity contribution in [1.82, 2.24) is 10.2 Å². The van der Waals surface area contributed by atoms with Gasteiger partial charge in [-0.3, -0.25) is 19.3 Å². The van der Waals surface area contributed by atoms with Gasteiger partial charge in [-0.15, -0.1) is 0 Å². The largest absolute Gasteiger partial charge is 0.467 e. The highest BCUT2D eigenvalue weighted by Crippen LogP contribution is 2.31. The third kappa shape index (κ3) is 4.01. The highest BCUT2D eigenvalue weighted by molar-refractivity contribution is 6.22. The number of carbonyl (C=O) groups excluding carboxylic acids is 3. The molecule has 1 unspecified atom stereocenters. The first-order valence-corrected chi connectivity index (χ1v) is 9.66. The summed E-state index contributed by atoms with van der Waals surface area (Å²) >= 11 is 0. The number of carbonyl (C=O) groups is 3. The average Bonchev–Trinajstić information content (AvgIpc) is 3.36. The van der Waals surface area contributed by atoms with Crippen molar-refractivity contribution in [2.45, 2.75) is 25.7 Å². The molecule has 3 amide bonds. The van der Waals surface area contributed by atoms with Crippen LogP contribution in [0.1, 0.15) is 60.9 Å². The molecule has 0 bridgehead atoms. The zero-order valence-electron chi connectivity index (χ0n) is 16.8. The number of hydrogen-bond donors (Lipinski definition) is 1. The topological polar surface area (TPSA) is 79.6 Å². The molecule has 9 heteroatoms. The zero-order chi connectivity index (χ0) is 23.0. The van der Waals surface area contributed by atoms with Gasteiger partial charge in [-0.2, -0.15) is 13.2 Å². The smallest absolute Gasteiger partial charge is 0.416 e. The molecular weight excluding hydrogens is 425 g/mol. The van der Waals surface area contributed by atoms with Crippen molar-refractivity contribution in [3.8, 4) is 0 Å². The van der Waals surface area contributed by atoms with Gasteiger partial charge in [0.05, 0.1) is 35.5 Å². The van der Waals surface area contributed by atoms with E-state index in [-0.39, 0.29) is 28.8 Å². The van der Waals surface area contributed by atoms with Crippen LogP contribution in [0.25, 0.3) is 0 Å². The fourth-order valence-electron chi connectivity index (χ4n) is 3.48. The van der Waals surface area contributed by atoms with Crippen LogP contribution in [0.15, 0.2) is 65.3 Å². The minimum atomic E-state index is -4.49. The molecule has 164 valence electrons. The molecule has 0 saturated carbocycles. The number of alkyl halides is 3. The SMILES string of the molecule is CC(NC(=O)c1ccc2c(c1)C(=O)N(Cc1ccco1)C2=O)c1cccc(C(F)(F)F)c1. The Hall–Kier alpha value is -3.88. The van der Waals surface area contributed by atoms with Crippen LogP contribution < -0.4 is 5.32 Å². The summed E-state index contributed by atoms with van der Waals surface area (Å²) in [5, 5.41) is 2.62. The van der Waals surface area contributed by atoms with E-state index in [1.54, 1.807) is 19.1 Å². The van der Waals surface area contributed by atoms with E-state index in [0.29, 0.717) is 5.76 Å². The van der Waals surface area contributed by atoms with Crippen molar-refractivity contribution in [2.75, 3.05) is 0 Å². The van der Waals surface area contributed by atoms with Gasteiger partial charge in [-0.05, 0) is 55.0 Å². The Labute approximate surface area is 180 Å². The number of amides is 3. The van der Waals surface area contributed by atoms with Gasteiger partial charge in [0.1, 0.15) is 5.76 Å². The molecule has 32 heavy (non-hydrogen) atoms. The lowest BCUT2D eigenvalue weighted by Gasteiger charge is -2.16. The normalized spacial score (nSPS) is 14.4. The number of imide groups is 1. The Kier molecular flexibility index (Phi) is 5.33. The van der Waals surface area contributed by atoms with Crippen LogP contribution in [0.3, 0.4) is 0 Å². The molecule has 0 saturated heterocycles. The van der Waals surface area contributed by atoms with E-state index in [1.807, 2.05) is 0 Å². The van der Waals surface area contributed by atoms with Gasteiger partial charge in [0, 0.05) is 5.56 Å². The summed E-state index contributed by atoms with van der Waals surface area (Å²) in [5.41, 5.74) is -0.159. The summed E-state index contributed by atoms with van der Waals surface area (Å²) in [7, 11) is 0. The maximum absolute atomic E-state index is 12.9. The van der Waals surface area contributed by atoms with Gasteiger partial charge in [0.2, 0.25) is 0 Å². The lowest BCUT2D eigenvalue weighted by molar-refractivity contribution is -0.137. The van der Waals surface area contributed by atoms with Gasteiger partial charge >= 0.3 is 6.18 Å². The molecule has 6 nitrogen and oxygen atoms in total. The fourth-order valence-corrected chi connectivity index (χ4v) is 3.48. The van der Waals surface area contributed by atoms with Gasteiger partial charge in [0.25, 0.3) is 17.7 Å². The molecule has 1 aliphatic rings. The summed E-state index contributed by atoms with van der Waals surface area (Å²) in [5.74, 6) is -1.19. The first-order chi connectivity index (χ1) is 15.1. The summed E-state index contributed by atoms with van der Waals surface area (Å²) in [6.45, 7) is 1.52. The second-order valence-corrected chi connectivity index (χ2v) is 7.35. The standard InChI is InChI=1S/C23H17F3N2O4/c1-13(14-4-2-5-16(10-14)23(24,25)26)27-20(29)15-7-8-18-19(11-15)22(31)28(21(18)30)12-17-6-3-9-32-17/h2-11,13H,12H2,1H3,(H,27,29). The molecule has 1 N–H and O–H groups in total. The van der Waals surface area contributed by atoms with E-state index in [0.717, 1.165) is 17.0 Å². The highest BCUT2D eigenvalue weighted by atomic mass is 19.4. The molecule has 2 heterocycles. The van der Waals surface area contributed by atoms with Gasteiger partial charge < -0.3 is 9.73 Å². The first-order valence-electron chi connectivity index (χ1n) is 9.66. The van der Waals surface area contributed by atoms with Gasteiger partial charge in [-0.25, -0.2) is 0 Å². The minimum Gasteiger partial charge on any atom is -0.467 e. The lowest BCUT2D eigenvalue weighted by Crippen LogP contribution is -2.29. The van der Waals surface area contributed by atoms with Crippen molar-refractivity contribution in [3.63, 3.8) is 0 Å². The van der Waals surface area contributed by atoms with Crippen LogP contribution in [-0.4, -0.2) is 22.6 Å². The van der Waals surface area contributed by atoms with Crippen molar-refractivity contribution < 1.29 is 32.0 Å². The summed E-state index contributed by atoms with van der Waals surface area (Å²) in [4.78, 5) is 39.0. The maximum atomic E-state index is 12.9. The van der Waals surface area contributed by atoms with Crippen LogP contribution in [0.5, 0.6) is 0 Å². The van der Waals surface area contributed by atoms with E-state index in [1.165, 1.54) is 36.6 Å². The lowest BCUT2D eigenvalue weighted by atomic mass is 10.0. The van der Waals surface area contributed by atoms with E-state index < -0.39 is 35.5 Å². The second-order valence-electron chi connectivity index (χ2n) is 7.35. The molecular formula is C23H17F3N2O4. The van der Waals surface area contributed by atoms with E-state index in [4.69, 9.17) is 4.42 Å². The Bertz CT molecular complexity index is 1200. The number of fused-ring (bicyclic) bond motifs is 1. The van der Waals surface area contributed by atoms with Crippen molar-refractivity contribution >= 4 is 17.7 Å². The third-order valence-corrected chi connectivity index (χ3v) is 5.19. The van der Waals surface area contributed by atoms with Crippen LogP contribution in [-0.2, 0) is 12.7 Å². The van der Waals surface area contributed by atoms with E-state index in [9.17, 15) is 27.6 Å². The van der Waals surface area contributed by atoms with Gasteiger partial charge in [0.15, 0.2) is 0 Å². The third-order valence-electron chi connectivity index (χ3n) is 5.19. The molecule has 3 aromatic rings. The molecule has 2 aromatic carbocycles. The molecule has 0 aliphatic carbocycles. The quantitative estimate of drug-likeness (QED) is 0.587. The molecule has 1 aromatic heterocycles. The van der Waals surface area contributed by atoms with Crippen LogP contribution >= 0.6 is 0 Å². The Balaban J connectivity index is 1.51. The Morgan fingerprint density at radius 3 is 2.47 bits per heavy atom. The number of furan rings is 1. The molecule has 4 rings (SSSR count). The fraction of sp³-hybridized carbons (Fsp3) is 0.174. The number of rotatable bonds is 5. The number of halogens is 3. The molecule has 1 atom stereocenters. The second kappa shape index (κ2) is 7.99. The van der Waals surface area contributed by atoms with Crippen LogP contribution in [0, 0.1) is 0 Å². The number of nitrogens with one attached hydrogen (secondary N) is 1. The summed E-state index contributed by atoms with van der Waals surface area (Å²) in [6, 6.07) is 11.3. The number of hydrogen-bond acceptors (Lipinski definition) is 4. The van der Waals surface area contributed by atoms with Crippen molar-refractivity contribution in [1.29, 1.82) is 0 Å². The van der Waals surface area contributed by atoms with E-state index >= 15 is 0 Å². The highest BCUT2D eigenvalue weighted by Gasteiger charge is 2.36. The zero-order valence-corrected chi connectivity index (χ0v) is 16.8. The maximum Gasteiger partial charge on any atom is 0.416 e. The minimum absolute atomic E-state index is 0.0343. The Morgan fingerprint density at radius 1 is 1.03 bits per heavy atom. The van der Waals surface area contributed by atoms with E-state index in [2.05, 4.69) is 5.32 Å². The molecule has 0 spiro atoms. The Morgan fingerprint density at radius 2 is 1.78 bits per heavy atom. The molecule has 0 fully saturated rings. The van der Waals surface area contributed by atoms with Crippen molar-refractivity contribution in [3.05, 3.63) is 94.4 Å². The summed E-state index contributed by atoms with van der Waals surface area (Å²) < 4.78 is 44.0. The predicted octanol–water partition coefficient (Wildman–Crippen LogP) is 4.59. The van der Waals surface area contributed by atoms with Crippen LogP contribution in [0.4, 0.5) is 13.2 Å². The monoisotopic (exact) mass is 442 g/mol. The first kappa shape index (κ1) is 21.4. The number of benzene rings is 2. The number of nitrogens with zero attached hydrogens (tertiary/aromatic N) is 1. The summed E-state index contributed by atoms with van der Waals surface area (Å²) in [6.07, 6.45) is -3.06. The molecule has 0 radical (unpaired) electrons. The van der Waals surface area contributed by atoms with Crippen LogP contribution in [0.2, 0.25) is 0 Å².